The SMILES string of the molecule is Cc1cc(OCC[C@H](O)CO)cc(C)c1-c1cc(COc2cc3c(cn2)[C@H]2[C@@H](C3)[C@@H]2[C@H]2OC2[O-])c(F)cc1F. The van der Waals surface area contributed by atoms with Crippen LogP contribution in [0.25, 0.3) is 11.1 Å². The molecule has 6 rings (SSSR count). The number of hydrogen-bond donors (Lipinski definition) is 2. The summed E-state index contributed by atoms with van der Waals surface area (Å²) < 4.78 is 46.4. The molecule has 206 valence electrons. The largest absolute Gasteiger partial charge is 0.829 e. The molecule has 3 aliphatic rings. The van der Waals surface area contributed by atoms with E-state index in [2.05, 4.69) is 4.98 Å². The molecule has 0 radical (unpaired) electrons. The van der Waals surface area contributed by atoms with Gasteiger partial charge in [-0.25, -0.2) is 13.8 Å². The molecule has 0 bridgehead atoms. The average molecular weight is 539 g/mol. The van der Waals surface area contributed by atoms with Crippen molar-refractivity contribution < 1.29 is 38.3 Å². The van der Waals surface area contributed by atoms with Crippen LogP contribution in [-0.4, -0.2) is 46.9 Å². The predicted molar refractivity (Wildman–Crippen MR) is 135 cm³/mol. The highest BCUT2D eigenvalue weighted by Crippen LogP contribution is 2.65. The van der Waals surface area contributed by atoms with Crippen LogP contribution in [0.3, 0.4) is 0 Å². The maximum absolute atomic E-state index is 15.0. The lowest BCUT2D eigenvalue weighted by atomic mass is 9.93. The number of nitrogens with zero attached hydrogens (tertiary/aromatic N) is 1. The number of rotatable bonds is 10. The molecular weight excluding hydrogens is 508 g/mol. The van der Waals surface area contributed by atoms with E-state index >= 15 is 0 Å². The quantitative estimate of drug-likeness (QED) is 0.382. The Kier molecular flexibility index (Phi) is 6.79. The van der Waals surface area contributed by atoms with E-state index < -0.39 is 24.0 Å². The molecule has 2 heterocycles. The van der Waals surface area contributed by atoms with Crippen molar-refractivity contribution in [3.05, 3.63) is 76.0 Å². The Morgan fingerprint density at radius 1 is 1.10 bits per heavy atom. The topological polar surface area (TPSA) is 107 Å². The zero-order valence-corrected chi connectivity index (χ0v) is 21.7. The maximum Gasteiger partial charge on any atom is 0.213 e. The van der Waals surface area contributed by atoms with Crippen molar-refractivity contribution in [1.29, 1.82) is 0 Å². The van der Waals surface area contributed by atoms with Crippen LogP contribution < -0.4 is 14.6 Å². The van der Waals surface area contributed by atoms with Crippen molar-refractivity contribution in [2.45, 2.75) is 57.7 Å². The van der Waals surface area contributed by atoms with Gasteiger partial charge >= 0.3 is 0 Å². The number of aryl methyl sites for hydroxylation is 2. The molecule has 2 aliphatic carbocycles. The first-order valence-electron chi connectivity index (χ1n) is 13.2. The number of ether oxygens (including phenoxy) is 3. The fourth-order valence-electron chi connectivity index (χ4n) is 6.11. The lowest BCUT2D eigenvalue weighted by molar-refractivity contribution is -0.412. The Labute approximate surface area is 225 Å². The first-order valence-corrected chi connectivity index (χ1v) is 13.2. The van der Waals surface area contributed by atoms with Crippen molar-refractivity contribution in [3.63, 3.8) is 0 Å². The van der Waals surface area contributed by atoms with Gasteiger partial charge in [-0.2, -0.15) is 0 Å². The van der Waals surface area contributed by atoms with E-state index in [-0.39, 0.29) is 43.5 Å². The van der Waals surface area contributed by atoms with E-state index in [1.807, 2.05) is 19.9 Å². The highest BCUT2D eigenvalue weighted by molar-refractivity contribution is 5.73. The summed E-state index contributed by atoms with van der Waals surface area (Å²) in [5.41, 5.74) is 4.89. The van der Waals surface area contributed by atoms with Gasteiger partial charge in [0.15, 0.2) is 0 Å². The summed E-state index contributed by atoms with van der Waals surface area (Å²) >= 11 is 0. The van der Waals surface area contributed by atoms with Gasteiger partial charge in [0.2, 0.25) is 5.88 Å². The van der Waals surface area contributed by atoms with E-state index in [1.54, 1.807) is 18.3 Å². The lowest BCUT2D eigenvalue weighted by Gasteiger charge is -2.16. The predicted octanol–water partition coefficient (Wildman–Crippen LogP) is 3.32. The molecule has 1 aromatic heterocycles. The van der Waals surface area contributed by atoms with Crippen molar-refractivity contribution >= 4 is 0 Å². The monoisotopic (exact) mass is 538 g/mol. The Morgan fingerprint density at radius 3 is 2.54 bits per heavy atom. The van der Waals surface area contributed by atoms with Gasteiger partial charge in [0.1, 0.15) is 24.0 Å². The number of fused-ring (bicyclic) bond motifs is 3. The van der Waals surface area contributed by atoms with E-state index in [4.69, 9.17) is 19.3 Å². The van der Waals surface area contributed by atoms with Gasteiger partial charge < -0.3 is 29.5 Å². The fraction of sp³-hybridized carbons (Fsp3) is 0.433. The first kappa shape index (κ1) is 26.1. The smallest absolute Gasteiger partial charge is 0.213 e. The summed E-state index contributed by atoms with van der Waals surface area (Å²) in [7, 11) is 0. The van der Waals surface area contributed by atoms with E-state index in [1.165, 1.54) is 6.07 Å². The Balaban J connectivity index is 1.16. The van der Waals surface area contributed by atoms with Gasteiger partial charge in [-0.3, -0.25) is 0 Å². The van der Waals surface area contributed by atoms with Crippen molar-refractivity contribution in [1.82, 2.24) is 4.98 Å². The summed E-state index contributed by atoms with van der Waals surface area (Å²) in [5, 5.41) is 29.9. The lowest BCUT2D eigenvalue weighted by Crippen LogP contribution is -2.15. The molecule has 1 saturated carbocycles. The summed E-state index contributed by atoms with van der Waals surface area (Å²) in [6.07, 6.45) is 1.02. The number of pyridine rings is 1. The molecule has 1 aliphatic heterocycles. The van der Waals surface area contributed by atoms with Gasteiger partial charge in [-0.1, -0.05) is 0 Å². The van der Waals surface area contributed by atoms with Crippen LogP contribution >= 0.6 is 0 Å². The number of epoxide rings is 1. The van der Waals surface area contributed by atoms with Crippen LogP contribution in [0.5, 0.6) is 11.6 Å². The molecular formula is C30H30F2NO6-. The van der Waals surface area contributed by atoms with Gasteiger partial charge in [0, 0.05) is 42.2 Å². The van der Waals surface area contributed by atoms with Gasteiger partial charge in [-0.15, -0.1) is 0 Å². The number of aliphatic hydroxyl groups is 2. The third-order valence-electron chi connectivity index (χ3n) is 8.12. The molecule has 1 unspecified atom stereocenters. The second-order valence-electron chi connectivity index (χ2n) is 10.8. The molecule has 39 heavy (non-hydrogen) atoms. The van der Waals surface area contributed by atoms with E-state index in [0.29, 0.717) is 34.9 Å². The molecule has 3 aromatic rings. The summed E-state index contributed by atoms with van der Waals surface area (Å²) in [5.74, 6) is 0.622. The highest BCUT2D eigenvalue weighted by Gasteiger charge is 2.63. The Bertz CT molecular complexity index is 1390. The molecule has 2 aromatic carbocycles. The van der Waals surface area contributed by atoms with Gasteiger partial charge in [-0.05, 0) is 84.0 Å². The number of aliphatic hydroxyl groups excluding tert-OH is 2. The second kappa shape index (κ2) is 10.1. The molecule has 9 heteroatoms. The number of benzene rings is 2. The molecule has 2 N–H and O–H groups in total. The van der Waals surface area contributed by atoms with Gasteiger partial charge in [0.25, 0.3) is 0 Å². The minimum atomic E-state index is -0.883. The number of hydrogen-bond acceptors (Lipinski definition) is 7. The van der Waals surface area contributed by atoms with Crippen LogP contribution in [0.15, 0.2) is 36.5 Å². The number of aromatic nitrogens is 1. The molecule has 0 spiro atoms. The van der Waals surface area contributed by atoms with Gasteiger partial charge in [0.05, 0.1) is 25.4 Å². The minimum Gasteiger partial charge on any atom is -0.829 e. The standard InChI is InChI=1S/C30H30F2NO6/c1-14-5-19(37-4-3-18(35)12-34)6-15(2)26(14)20-8-17(23(31)10-24(20)32)13-38-25-9-16-7-21-27(22(16)11-33-25)28(21)29-30(36)39-29/h5-6,8-11,18,21,27-30,34-35H,3-4,7,12-13H2,1-2H3/q-1/t18-,21+,27+,28-,29+,30?/m0/s1. The first-order chi connectivity index (χ1) is 18.7. The van der Waals surface area contributed by atoms with Crippen molar-refractivity contribution in [3.8, 4) is 22.8 Å². The Hall–Kier alpha value is -3.11. The van der Waals surface area contributed by atoms with Crippen molar-refractivity contribution in [2.75, 3.05) is 13.2 Å². The van der Waals surface area contributed by atoms with Crippen molar-refractivity contribution in [2.24, 2.45) is 11.8 Å². The summed E-state index contributed by atoms with van der Waals surface area (Å²) in [4.78, 5) is 4.40. The average Bonchev–Trinajstić information content (AvgIpc) is 3.76. The molecule has 2 fully saturated rings. The molecule has 6 atom stereocenters. The Morgan fingerprint density at radius 2 is 1.85 bits per heavy atom. The third-order valence-corrected chi connectivity index (χ3v) is 8.12. The van der Waals surface area contributed by atoms with E-state index in [0.717, 1.165) is 34.7 Å². The van der Waals surface area contributed by atoms with E-state index in [9.17, 15) is 19.0 Å². The fourth-order valence-corrected chi connectivity index (χ4v) is 6.11. The number of halogens is 2. The maximum atomic E-state index is 15.0. The third kappa shape index (κ3) is 5.00. The van der Waals surface area contributed by atoms with Crippen LogP contribution in [-0.2, 0) is 17.8 Å². The molecule has 7 nitrogen and oxygen atoms in total. The van der Waals surface area contributed by atoms with Crippen LogP contribution in [0.1, 0.15) is 40.2 Å². The molecule has 1 saturated heterocycles. The normalized spacial score (nSPS) is 25.2. The second-order valence-corrected chi connectivity index (χ2v) is 10.8. The minimum absolute atomic E-state index is 0.110. The zero-order valence-electron chi connectivity index (χ0n) is 21.7. The van der Waals surface area contributed by atoms with Crippen LogP contribution in [0, 0.1) is 37.3 Å². The zero-order chi connectivity index (χ0) is 27.4. The van der Waals surface area contributed by atoms with Crippen LogP contribution in [0.2, 0.25) is 0 Å². The summed E-state index contributed by atoms with van der Waals surface area (Å²) in [6, 6.07) is 7.75. The molecule has 0 amide bonds. The summed E-state index contributed by atoms with van der Waals surface area (Å²) in [6.45, 7) is 3.43. The highest BCUT2D eigenvalue weighted by atomic mass is 19.1. The van der Waals surface area contributed by atoms with Crippen LogP contribution in [0.4, 0.5) is 8.78 Å².